The molecule has 1 N–H and O–H groups in total. The maximum Gasteiger partial charge on any atom is 0.286 e. The first-order valence-electron chi connectivity index (χ1n) is 6.39. The molecule has 2 aromatic rings. The molecule has 1 atom stereocenters. The van der Waals surface area contributed by atoms with Crippen molar-refractivity contribution in [2.75, 3.05) is 0 Å². The standard InChI is InChI=1S/C16H13NO2S/c18-15-14(20-16(19)17-15)10-12-8-4-5-9-13(12)11-6-2-1-3-7-11/h1-9,14H,10H2,(H,17,18,19). The average molecular weight is 283 g/mol. The molecule has 3 nitrogen and oxygen atoms in total. The van der Waals surface area contributed by atoms with E-state index < -0.39 is 0 Å². The largest absolute Gasteiger partial charge is 0.286 e. The maximum absolute atomic E-state index is 11.7. The molecule has 0 bridgehead atoms. The third kappa shape index (κ3) is 2.60. The minimum Gasteiger partial charge on any atom is -0.286 e. The Balaban J connectivity index is 1.91. The number of benzene rings is 2. The van der Waals surface area contributed by atoms with Gasteiger partial charge < -0.3 is 0 Å². The number of hydrogen-bond acceptors (Lipinski definition) is 3. The number of amides is 2. The summed E-state index contributed by atoms with van der Waals surface area (Å²) >= 11 is 1.07. The first kappa shape index (κ1) is 12.9. The second-order valence-electron chi connectivity index (χ2n) is 4.61. The lowest BCUT2D eigenvalue weighted by Crippen LogP contribution is -2.25. The summed E-state index contributed by atoms with van der Waals surface area (Å²) in [6.45, 7) is 0. The van der Waals surface area contributed by atoms with E-state index in [9.17, 15) is 9.59 Å². The van der Waals surface area contributed by atoms with Crippen LogP contribution in [-0.4, -0.2) is 16.4 Å². The van der Waals surface area contributed by atoms with Crippen molar-refractivity contribution < 1.29 is 9.59 Å². The molecule has 1 unspecified atom stereocenters. The summed E-state index contributed by atoms with van der Waals surface area (Å²) in [6, 6.07) is 18.1. The van der Waals surface area contributed by atoms with Crippen LogP contribution in [0.3, 0.4) is 0 Å². The summed E-state index contributed by atoms with van der Waals surface area (Å²) in [6.07, 6.45) is 0.563. The average Bonchev–Trinajstić information content (AvgIpc) is 2.78. The molecule has 1 heterocycles. The Kier molecular flexibility index (Phi) is 3.56. The summed E-state index contributed by atoms with van der Waals surface area (Å²) in [5.41, 5.74) is 3.32. The highest BCUT2D eigenvalue weighted by atomic mass is 32.2. The van der Waals surface area contributed by atoms with Crippen LogP contribution < -0.4 is 5.32 Å². The van der Waals surface area contributed by atoms with Gasteiger partial charge in [0.1, 0.15) is 0 Å². The number of carbonyl (C=O) groups is 2. The van der Waals surface area contributed by atoms with Crippen molar-refractivity contribution in [3.63, 3.8) is 0 Å². The number of thioether (sulfide) groups is 1. The van der Waals surface area contributed by atoms with Crippen molar-refractivity contribution in [1.82, 2.24) is 5.32 Å². The van der Waals surface area contributed by atoms with Crippen molar-refractivity contribution >= 4 is 22.9 Å². The van der Waals surface area contributed by atoms with Crippen LogP contribution in [0.25, 0.3) is 11.1 Å². The SMILES string of the molecule is O=C1NC(=O)C(Cc2ccccc2-c2ccccc2)S1. The third-order valence-corrected chi connectivity index (χ3v) is 4.26. The molecule has 4 heteroatoms. The summed E-state index contributed by atoms with van der Waals surface area (Å²) in [5.74, 6) is -0.192. The van der Waals surface area contributed by atoms with Gasteiger partial charge in [-0.1, -0.05) is 66.4 Å². The van der Waals surface area contributed by atoms with E-state index in [0.717, 1.165) is 28.5 Å². The van der Waals surface area contributed by atoms with E-state index in [4.69, 9.17) is 0 Å². The summed E-state index contributed by atoms with van der Waals surface area (Å²) in [4.78, 5) is 22.9. The quantitative estimate of drug-likeness (QED) is 0.940. The summed E-state index contributed by atoms with van der Waals surface area (Å²) < 4.78 is 0. The minimum absolute atomic E-state index is 0.192. The predicted octanol–water partition coefficient (Wildman–Crippen LogP) is 3.25. The number of rotatable bonds is 3. The molecule has 0 radical (unpaired) electrons. The molecule has 0 aliphatic carbocycles. The maximum atomic E-state index is 11.7. The van der Waals surface area contributed by atoms with Gasteiger partial charge in [0.05, 0.1) is 5.25 Å². The van der Waals surface area contributed by atoms with Crippen LogP contribution in [0.15, 0.2) is 54.6 Å². The second-order valence-corrected chi connectivity index (χ2v) is 5.79. The Morgan fingerprint density at radius 2 is 1.65 bits per heavy atom. The lowest BCUT2D eigenvalue weighted by molar-refractivity contribution is -0.118. The molecular formula is C16H13NO2S. The highest BCUT2D eigenvalue weighted by molar-refractivity contribution is 8.15. The van der Waals surface area contributed by atoms with Crippen LogP contribution >= 0.6 is 11.8 Å². The van der Waals surface area contributed by atoms with Crippen LogP contribution in [0, 0.1) is 0 Å². The first-order chi connectivity index (χ1) is 9.74. The molecule has 0 spiro atoms. The van der Waals surface area contributed by atoms with Gasteiger partial charge in [-0.05, 0) is 23.1 Å². The summed E-state index contributed by atoms with van der Waals surface area (Å²) in [7, 11) is 0. The molecule has 2 amide bonds. The molecular weight excluding hydrogens is 270 g/mol. The van der Waals surface area contributed by atoms with Crippen LogP contribution in [0.2, 0.25) is 0 Å². The van der Waals surface area contributed by atoms with Gasteiger partial charge in [-0.15, -0.1) is 0 Å². The molecule has 20 heavy (non-hydrogen) atoms. The molecule has 0 aromatic heterocycles. The van der Waals surface area contributed by atoms with E-state index in [0.29, 0.717) is 6.42 Å². The van der Waals surface area contributed by atoms with Crippen molar-refractivity contribution in [1.29, 1.82) is 0 Å². The zero-order chi connectivity index (χ0) is 13.9. The Hall–Kier alpha value is -2.07. The van der Waals surface area contributed by atoms with Gasteiger partial charge >= 0.3 is 0 Å². The molecule has 2 aromatic carbocycles. The zero-order valence-electron chi connectivity index (χ0n) is 10.7. The normalized spacial score (nSPS) is 18.1. The van der Waals surface area contributed by atoms with E-state index in [1.54, 1.807) is 0 Å². The lowest BCUT2D eigenvalue weighted by atomic mass is 9.96. The van der Waals surface area contributed by atoms with Crippen LogP contribution in [-0.2, 0) is 11.2 Å². The fourth-order valence-corrected chi connectivity index (χ4v) is 3.17. The molecule has 1 saturated heterocycles. The molecule has 0 saturated carbocycles. The van der Waals surface area contributed by atoms with Gasteiger partial charge in [0.2, 0.25) is 5.91 Å². The number of hydrogen-bond donors (Lipinski definition) is 1. The third-order valence-electron chi connectivity index (χ3n) is 3.27. The Bertz CT molecular complexity index is 655. The Labute approximate surface area is 121 Å². The first-order valence-corrected chi connectivity index (χ1v) is 7.27. The monoisotopic (exact) mass is 283 g/mol. The van der Waals surface area contributed by atoms with E-state index in [1.807, 2.05) is 54.6 Å². The van der Waals surface area contributed by atoms with Gasteiger partial charge in [0.15, 0.2) is 0 Å². The van der Waals surface area contributed by atoms with E-state index >= 15 is 0 Å². The molecule has 1 fully saturated rings. The highest BCUT2D eigenvalue weighted by Gasteiger charge is 2.31. The van der Waals surface area contributed by atoms with Crippen LogP contribution in [0.1, 0.15) is 5.56 Å². The van der Waals surface area contributed by atoms with Crippen LogP contribution in [0.5, 0.6) is 0 Å². The van der Waals surface area contributed by atoms with Gasteiger partial charge in [0, 0.05) is 0 Å². The number of imide groups is 1. The lowest BCUT2D eigenvalue weighted by Gasteiger charge is -2.11. The Morgan fingerprint density at radius 1 is 0.950 bits per heavy atom. The molecule has 1 aliphatic rings. The van der Waals surface area contributed by atoms with Crippen LogP contribution in [0.4, 0.5) is 4.79 Å². The number of carbonyl (C=O) groups excluding carboxylic acids is 2. The number of nitrogens with one attached hydrogen (secondary N) is 1. The molecule has 3 rings (SSSR count). The molecule has 100 valence electrons. The molecule has 1 aliphatic heterocycles. The van der Waals surface area contributed by atoms with Crippen molar-refractivity contribution in [2.45, 2.75) is 11.7 Å². The fraction of sp³-hybridized carbons (Fsp3) is 0.125. The minimum atomic E-state index is -0.327. The van der Waals surface area contributed by atoms with Gasteiger partial charge in [0.25, 0.3) is 5.24 Å². The topological polar surface area (TPSA) is 46.2 Å². The zero-order valence-corrected chi connectivity index (χ0v) is 11.5. The highest BCUT2D eigenvalue weighted by Crippen LogP contribution is 2.29. The fourth-order valence-electron chi connectivity index (χ4n) is 2.33. The van der Waals surface area contributed by atoms with Gasteiger partial charge in [-0.25, -0.2) is 0 Å². The van der Waals surface area contributed by atoms with Crippen molar-refractivity contribution in [3.8, 4) is 11.1 Å². The smallest absolute Gasteiger partial charge is 0.286 e. The second kappa shape index (κ2) is 5.51. The van der Waals surface area contributed by atoms with E-state index in [1.165, 1.54) is 0 Å². The van der Waals surface area contributed by atoms with E-state index in [2.05, 4.69) is 5.32 Å². The van der Waals surface area contributed by atoms with E-state index in [-0.39, 0.29) is 16.4 Å². The van der Waals surface area contributed by atoms with Gasteiger partial charge in [-0.3, -0.25) is 14.9 Å². The van der Waals surface area contributed by atoms with Crippen molar-refractivity contribution in [2.24, 2.45) is 0 Å². The predicted molar refractivity (Wildman–Crippen MR) is 80.5 cm³/mol. The van der Waals surface area contributed by atoms with Gasteiger partial charge in [-0.2, -0.15) is 0 Å². The summed E-state index contributed by atoms with van der Waals surface area (Å²) in [5, 5.41) is 1.75. The Morgan fingerprint density at radius 3 is 2.35 bits per heavy atom. The van der Waals surface area contributed by atoms with Crippen molar-refractivity contribution in [3.05, 3.63) is 60.2 Å².